The third-order valence-electron chi connectivity index (χ3n) is 6.77. The lowest BCUT2D eigenvalue weighted by Crippen LogP contribution is -2.29. The Hall–Kier alpha value is -3.43. The number of rotatable bonds is 8. The van der Waals surface area contributed by atoms with Gasteiger partial charge >= 0.3 is 12.3 Å². The van der Waals surface area contributed by atoms with E-state index < -0.39 is 12.3 Å². The lowest BCUT2D eigenvalue weighted by Gasteiger charge is -2.40. The van der Waals surface area contributed by atoms with Crippen LogP contribution in [0.2, 0.25) is 0 Å². The molecule has 7 nitrogen and oxygen atoms in total. The van der Waals surface area contributed by atoms with Crippen molar-refractivity contribution in [1.82, 2.24) is 9.55 Å². The fraction of sp³-hybridized carbons (Fsp3) is 0.481. The number of imidazole rings is 1. The summed E-state index contributed by atoms with van der Waals surface area (Å²) in [4.78, 5) is 16.0. The molecule has 1 fully saturated rings. The molecule has 37 heavy (non-hydrogen) atoms. The molecule has 0 spiro atoms. The number of fused-ring (bicyclic) bond motifs is 1. The third kappa shape index (κ3) is 6.47. The highest BCUT2D eigenvalue weighted by Crippen LogP contribution is 2.46. The second-order valence-corrected chi connectivity index (χ2v) is 10.6. The van der Waals surface area contributed by atoms with Crippen molar-refractivity contribution in [2.24, 2.45) is 11.3 Å². The molecule has 1 heterocycles. The van der Waals surface area contributed by atoms with Gasteiger partial charge < -0.3 is 24.5 Å². The quantitative estimate of drug-likeness (QED) is 0.330. The summed E-state index contributed by atoms with van der Waals surface area (Å²) < 4.78 is 49.4. The first kappa shape index (κ1) is 26.6. The number of alkyl halides is 3. The van der Waals surface area contributed by atoms with E-state index in [9.17, 15) is 18.0 Å². The molecule has 10 heteroatoms. The van der Waals surface area contributed by atoms with Crippen molar-refractivity contribution in [1.29, 1.82) is 0 Å². The molecule has 0 aliphatic heterocycles. The van der Waals surface area contributed by atoms with E-state index in [1.165, 1.54) is 24.3 Å². The molecule has 0 amide bonds. The predicted octanol–water partition coefficient (Wildman–Crippen LogP) is 7.09. The van der Waals surface area contributed by atoms with E-state index in [1.807, 2.05) is 12.1 Å². The summed E-state index contributed by atoms with van der Waals surface area (Å²) in [6, 6.07) is 9.42. The van der Waals surface area contributed by atoms with Crippen molar-refractivity contribution in [3.63, 3.8) is 0 Å². The van der Waals surface area contributed by atoms with E-state index in [2.05, 4.69) is 35.4 Å². The average molecular weight is 520 g/mol. The molecule has 4 rings (SSSR count). The Morgan fingerprint density at radius 3 is 2.51 bits per heavy atom. The summed E-state index contributed by atoms with van der Waals surface area (Å²) in [5.74, 6) is 0.452. The highest BCUT2D eigenvalue weighted by molar-refractivity contribution is 5.83. The lowest BCUT2D eigenvalue weighted by atomic mass is 9.70. The van der Waals surface area contributed by atoms with Gasteiger partial charge in [0.15, 0.2) is 0 Å². The van der Waals surface area contributed by atoms with E-state index in [1.54, 1.807) is 7.11 Å². The van der Waals surface area contributed by atoms with Crippen LogP contribution in [0.5, 0.6) is 11.5 Å². The number of methoxy groups -OCH3 is 1. The van der Waals surface area contributed by atoms with Gasteiger partial charge in [0.05, 0.1) is 18.1 Å². The second kappa shape index (κ2) is 10.1. The van der Waals surface area contributed by atoms with Crippen LogP contribution in [0.4, 0.5) is 24.8 Å². The van der Waals surface area contributed by atoms with Crippen molar-refractivity contribution in [3.8, 4) is 11.5 Å². The number of benzene rings is 2. The molecule has 1 aromatic heterocycles. The maximum atomic E-state index is 12.6. The van der Waals surface area contributed by atoms with Crippen LogP contribution < -0.4 is 14.8 Å². The number of aliphatic carboxylic acids is 1. The van der Waals surface area contributed by atoms with Gasteiger partial charge in [-0.1, -0.05) is 20.8 Å². The highest BCUT2D eigenvalue weighted by Gasteiger charge is 2.35. The summed E-state index contributed by atoms with van der Waals surface area (Å²) in [6.07, 6.45) is -1.50. The monoisotopic (exact) mass is 519 g/mol. The van der Waals surface area contributed by atoms with Crippen LogP contribution in [0.3, 0.4) is 0 Å². The lowest BCUT2D eigenvalue weighted by molar-refractivity contribution is -0.274. The third-order valence-corrected chi connectivity index (χ3v) is 6.77. The number of hydrogen-bond acceptors (Lipinski definition) is 5. The molecule has 0 bridgehead atoms. The number of anilines is 2. The van der Waals surface area contributed by atoms with Crippen molar-refractivity contribution in [2.75, 3.05) is 12.4 Å². The molecule has 1 aliphatic carbocycles. The highest BCUT2D eigenvalue weighted by atomic mass is 19.4. The van der Waals surface area contributed by atoms with Crippen molar-refractivity contribution >= 4 is 28.6 Å². The molecule has 3 aromatic rings. The maximum absolute atomic E-state index is 12.6. The molecule has 0 radical (unpaired) electrons. The Labute approximate surface area is 213 Å². The van der Waals surface area contributed by atoms with Crippen LogP contribution in [0, 0.1) is 11.3 Å². The molecule has 200 valence electrons. The van der Waals surface area contributed by atoms with E-state index in [4.69, 9.17) is 14.8 Å². The normalized spacial score (nSPS) is 19.5. The smallest absolute Gasteiger partial charge is 0.496 e. The van der Waals surface area contributed by atoms with Gasteiger partial charge in [-0.2, -0.15) is 0 Å². The summed E-state index contributed by atoms with van der Waals surface area (Å²) in [5, 5.41) is 12.4. The minimum absolute atomic E-state index is 0.0334. The topological polar surface area (TPSA) is 85.6 Å². The molecular formula is C27H32F3N3O4. The minimum Gasteiger partial charge on any atom is -0.496 e. The molecule has 0 unspecified atom stereocenters. The first-order chi connectivity index (χ1) is 17.3. The van der Waals surface area contributed by atoms with E-state index in [0.29, 0.717) is 35.2 Å². The molecule has 2 aromatic carbocycles. The number of halogens is 3. The Kier molecular flexibility index (Phi) is 7.30. The van der Waals surface area contributed by atoms with Gasteiger partial charge in [-0.25, -0.2) is 4.98 Å². The standard InChI is InChI=1S/C27H32F3N3O4/c1-16-11-19(15-26(2,3)14-16)33-22-13-23(36-4)17(5-10-24(34)35)12-21(22)32-25(33)31-18-6-8-20(9-7-18)37-27(28,29)30/h6-9,12-13,16,19H,5,10-11,14-15H2,1-4H3,(H,31,32)(H,34,35)/t16-,19-/m1/s1. The Balaban J connectivity index is 1.77. The number of aromatic nitrogens is 2. The van der Waals surface area contributed by atoms with E-state index in [0.717, 1.165) is 30.3 Å². The number of hydrogen-bond donors (Lipinski definition) is 2. The van der Waals surface area contributed by atoms with Crippen molar-refractivity contribution in [3.05, 3.63) is 42.0 Å². The van der Waals surface area contributed by atoms with Crippen LogP contribution in [0.1, 0.15) is 58.1 Å². The first-order valence-corrected chi connectivity index (χ1v) is 12.3. The van der Waals surface area contributed by atoms with Crippen LogP contribution >= 0.6 is 0 Å². The first-order valence-electron chi connectivity index (χ1n) is 12.3. The van der Waals surface area contributed by atoms with Crippen molar-refractivity contribution < 1.29 is 32.5 Å². The largest absolute Gasteiger partial charge is 0.573 e. The van der Waals surface area contributed by atoms with Gasteiger partial charge in [0.1, 0.15) is 11.5 Å². The maximum Gasteiger partial charge on any atom is 0.573 e. The summed E-state index contributed by atoms with van der Waals surface area (Å²) in [6.45, 7) is 6.75. The van der Waals surface area contributed by atoms with Crippen LogP contribution in [0.15, 0.2) is 36.4 Å². The minimum atomic E-state index is -4.76. The number of ether oxygens (including phenoxy) is 2. The molecule has 2 atom stereocenters. The van der Waals surface area contributed by atoms with E-state index >= 15 is 0 Å². The number of carboxylic acids is 1. The molecular weight excluding hydrogens is 487 g/mol. The van der Waals surface area contributed by atoms with Gasteiger partial charge in [-0.05, 0) is 72.9 Å². The van der Waals surface area contributed by atoms with Crippen LogP contribution in [-0.4, -0.2) is 34.1 Å². The zero-order valence-corrected chi connectivity index (χ0v) is 21.4. The average Bonchev–Trinajstić information content (AvgIpc) is 3.12. The number of carbonyl (C=O) groups is 1. The molecule has 1 aliphatic rings. The molecule has 1 saturated carbocycles. The predicted molar refractivity (Wildman–Crippen MR) is 134 cm³/mol. The van der Waals surface area contributed by atoms with Crippen LogP contribution in [-0.2, 0) is 11.2 Å². The van der Waals surface area contributed by atoms with Gasteiger partial charge in [0.25, 0.3) is 0 Å². The molecule has 0 saturated heterocycles. The number of carboxylic acid groups (broad SMARTS) is 1. The summed E-state index contributed by atoms with van der Waals surface area (Å²) in [5.41, 5.74) is 2.98. The number of aryl methyl sites for hydroxylation is 1. The van der Waals surface area contributed by atoms with Crippen molar-refractivity contribution in [2.45, 2.75) is 65.3 Å². The fourth-order valence-electron chi connectivity index (χ4n) is 5.61. The Morgan fingerprint density at radius 2 is 1.92 bits per heavy atom. The fourth-order valence-corrected chi connectivity index (χ4v) is 5.61. The summed E-state index contributed by atoms with van der Waals surface area (Å²) in [7, 11) is 1.56. The second-order valence-electron chi connectivity index (χ2n) is 10.6. The summed E-state index contributed by atoms with van der Waals surface area (Å²) >= 11 is 0. The van der Waals surface area contributed by atoms with Gasteiger partial charge in [0, 0.05) is 24.2 Å². The van der Waals surface area contributed by atoms with Gasteiger partial charge in [-0.15, -0.1) is 13.2 Å². The number of nitrogens with one attached hydrogen (secondary N) is 1. The van der Waals surface area contributed by atoms with Crippen LogP contribution in [0.25, 0.3) is 11.0 Å². The zero-order valence-electron chi connectivity index (χ0n) is 21.4. The van der Waals surface area contributed by atoms with Gasteiger partial charge in [0.2, 0.25) is 5.95 Å². The van der Waals surface area contributed by atoms with Gasteiger partial charge in [-0.3, -0.25) is 4.79 Å². The van der Waals surface area contributed by atoms with E-state index in [-0.39, 0.29) is 23.6 Å². The SMILES string of the molecule is COc1cc2c(cc1CCC(=O)O)nc(Nc1ccc(OC(F)(F)F)cc1)n2[C@@H]1C[C@@H](C)CC(C)(C)C1. The number of nitrogens with zero attached hydrogens (tertiary/aromatic N) is 2. The Bertz CT molecular complexity index is 1270. The molecule has 2 N–H and O–H groups in total. The zero-order chi connectivity index (χ0) is 27.0. The Morgan fingerprint density at radius 1 is 1.22 bits per heavy atom.